The number of anilines is 1. The molecule has 8 heteroatoms. The molecular formula is C13H20N4O3S. The Hall–Kier alpha value is -1.83. The molecule has 0 aliphatic carbocycles. The maximum absolute atomic E-state index is 11.8. The fraction of sp³-hybridized carbons (Fsp3) is 0.538. The summed E-state index contributed by atoms with van der Waals surface area (Å²) >= 11 is 1.18. The molecule has 2 N–H and O–H groups in total. The average Bonchev–Trinajstić information content (AvgIpc) is 2.44. The minimum absolute atomic E-state index is 0.0216. The van der Waals surface area contributed by atoms with Crippen LogP contribution in [0.15, 0.2) is 11.4 Å². The second kappa shape index (κ2) is 7.82. The molecule has 1 aromatic heterocycles. The number of amides is 1. The molecule has 0 saturated carbocycles. The van der Waals surface area contributed by atoms with Gasteiger partial charge in [0, 0.05) is 19.3 Å². The van der Waals surface area contributed by atoms with Crippen molar-refractivity contribution < 1.29 is 14.3 Å². The Morgan fingerprint density at radius 1 is 1.48 bits per heavy atom. The van der Waals surface area contributed by atoms with Crippen LogP contribution in [0.2, 0.25) is 0 Å². The van der Waals surface area contributed by atoms with Crippen LogP contribution in [-0.4, -0.2) is 52.2 Å². The molecule has 0 atom stereocenters. The van der Waals surface area contributed by atoms with E-state index >= 15 is 0 Å². The fourth-order valence-corrected chi connectivity index (χ4v) is 2.08. The van der Waals surface area contributed by atoms with Gasteiger partial charge in [0.1, 0.15) is 11.4 Å². The number of ether oxygens (including phenoxy) is 1. The Kier molecular flexibility index (Phi) is 6.41. The van der Waals surface area contributed by atoms with Crippen molar-refractivity contribution in [2.24, 2.45) is 0 Å². The van der Waals surface area contributed by atoms with E-state index < -0.39 is 5.97 Å². The summed E-state index contributed by atoms with van der Waals surface area (Å²) in [4.78, 5) is 33.1. The highest BCUT2D eigenvalue weighted by Crippen LogP contribution is 2.17. The van der Waals surface area contributed by atoms with E-state index in [1.165, 1.54) is 18.0 Å². The molecule has 0 unspecified atom stereocenters. The molecule has 7 nitrogen and oxygen atoms in total. The lowest BCUT2D eigenvalue weighted by molar-refractivity contribution is -0.128. The second-order valence-electron chi connectivity index (χ2n) is 4.56. The maximum Gasteiger partial charge on any atom is 0.343 e. The monoisotopic (exact) mass is 312 g/mol. The van der Waals surface area contributed by atoms with Gasteiger partial charge >= 0.3 is 5.97 Å². The van der Waals surface area contributed by atoms with Crippen LogP contribution < -0.4 is 5.73 Å². The molecule has 0 spiro atoms. The molecule has 0 aromatic carbocycles. The number of nitrogen functional groups attached to an aromatic ring is 1. The Labute approximate surface area is 128 Å². The molecule has 1 amide bonds. The van der Waals surface area contributed by atoms with Crippen molar-refractivity contribution in [2.75, 3.05) is 25.1 Å². The molecule has 1 rings (SSSR count). The minimum Gasteiger partial charge on any atom is -0.462 e. The first-order chi connectivity index (χ1) is 9.86. The number of thioether (sulfide) groups is 1. The second-order valence-corrected chi connectivity index (χ2v) is 5.50. The van der Waals surface area contributed by atoms with Crippen molar-refractivity contribution in [3.63, 3.8) is 0 Å². The van der Waals surface area contributed by atoms with Gasteiger partial charge in [0.05, 0.1) is 12.4 Å². The summed E-state index contributed by atoms with van der Waals surface area (Å²) in [6, 6.07) is 0.135. The van der Waals surface area contributed by atoms with Crippen molar-refractivity contribution in [2.45, 2.75) is 32.0 Å². The van der Waals surface area contributed by atoms with Crippen molar-refractivity contribution in [3.05, 3.63) is 11.8 Å². The van der Waals surface area contributed by atoms with E-state index in [4.69, 9.17) is 10.5 Å². The number of nitrogens with two attached hydrogens (primary N) is 1. The summed E-state index contributed by atoms with van der Waals surface area (Å²) in [5.41, 5.74) is 5.84. The molecule has 1 aromatic rings. The molecule has 0 fully saturated rings. The number of rotatable bonds is 6. The molecule has 21 heavy (non-hydrogen) atoms. The van der Waals surface area contributed by atoms with E-state index in [9.17, 15) is 9.59 Å². The van der Waals surface area contributed by atoms with Gasteiger partial charge < -0.3 is 15.4 Å². The number of hydrogen-bond acceptors (Lipinski definition) is 7. The third-order valence-corrected chi connectivity index (χ3v) is 3.63. The third kappa shape index (κ3) is 4.89. The van der Waals surface area contributed by atoms with Gasteiger partial charge in [0.25, 0.3) is 0 Å². The Morgan fingerprint density at radius 3 is 2.67 bits per heavy atom. The summed E-state index contributed by atoms with van der Waals surface area (Å²) < 4.78 is 4.84. The van der Waals surface area contributed by atoms with Gasteiger partial charge in [-0.15, -0.1) is 0 Å². The van der Waals surface area contributed by atoms with Gasteiger partial charge in [0.2, 0.25) is 5.91 Å². The van der Waals surface area contributed by atoms with Crippen molar-refractivity contribution in [3.8, 4) is 0 Å². The summed E-state index contributed by atoms with van der Waals surface area (Å²) in [5.74, 6) is -0.309. The Balaban J connectivity index is 2.68. The molecular weight excluding hydrogens is 292 g/mol. The van der Waals surface area contributed by atoms with Crippen LogP contribution in [0.1, 0.15) is 31.1 Å². The number of nitrogens with zero attached hydrogens (tertiary/aromatic N) is 3. The zero-order valence-corrected chi connectivity index (χ0v) is 13.4. The zero-order chi connectivity index (χ0) is 16.0. The van der Waals surface area contributed by atoms with Gasteiger partial charge in [-0.25, -0.2) is 14.8 Å². The lowest BCUT2D eigenvalue weighted by Gasteiger charge is -2.20. The van der Waals surface area contributed by atoms with E-state index in [0.29, 0.717) is 5.16 Å². The smallest absolute Gasteiger partial charge is 0.343 e. The molecule has 0 aliphatic rings. The molecule has 0 aliphatic heterocycles. The summed E-state index contributed by atoms with van der Waals surface area (Å²) in [7, 11) is 1.74. The van der Waals surface area contributed by atoms with Gasteiger partial charge in [-0.3, -0.25) is 4.79 Å². The van der Waals surface area contributed by atoms with E-state index in [-0.39, 0.29) is 35.7 Å². The normalized spacial score (nSPS) is 10.5. The third-order valence-electron chi connectivity index (χ3n) is 2.78. The summed E-state index contributed by atoms with van der Waals surface area (Å²) in [6.07, 6.45) is 1.32. The lowest BCUT2D eigenvalue weighted by atomic mass is 10.3. The topological polar surface area (TPSA) is 98.4 Å². The fourth-order valence-electron chi connectivity index (χ4n) is 1.33. The summed E-state index contributed by atoms with van der Waals surface area (Å²) in [5, 5.41) is 0.353. The van der Waals surface area contributed by atoms with Gasteiger partial charge in [-0.05, 0) is 20.8 Å². The number of carbonyl (C=O) groups is 2. The largest absolute Gasteiger partial charge is 0.462 e. The highest BCUT2D eigenvalue weighted by atomic mass is 32.2. The molecule has 116 valence electrons. The van der Waals surface area contributed by atoms with Crippen LogP contribution in [0.3, 0.4) is 0 Å². The van der Waals surface area contributed by atoms with Gasteiger partial charge in [0.15, 0.2) is 5.16 Å². The maximum atomic E-state index is 11.8. The highest BCUT2D eigenvalue weighted by Gasteiger charge is 2.16. The van der Waals surface area contributed by atoms with Gasteiger partial charge in [-0.1, -0.05) is 11.8 Å². The van der Waals surface area contributed by atoms with E-state index in [2.05, 4.69) is 9.97 Å². The standard InChI is InChI=1S/C13H20N4O3S/c1-5-20-12(19)9-6-15-13(16-11(9)14)21-7-10(18)17(4)8(2)3/h6,8H,5,7H2,1-4H3,(H2,14,15,16). The molecule has 0 radical (unpaired) electrons. The van der Waals surface area contributed by atoms with Crippen LogP contribution in [0.5, 0.6) is 0 Å². The Morgan fingerprint density at radius 2 is 2.14 bits per heavy atom. The first kappa shape index (κ1) is 17.2. The van der Waals surface area contributed by atoms with E-state index in [1.807, 2.05) is 13.8 Å². The number of aromatic nitrogens is 2. The minimum atomic E-state index is -0.554. The van der Waals surface area contributed by atoms with Crippen molar-refractivity contribution in [1.82, 2.24) is 14.9 Å². The first-order valence-electron chi connectivity index (χ1n) is 6.54. The first-order valence-corrected chi connectivity index (χ1v) is 7.53. The molecule has 1 heterocycles. The highest BCUT2D eigenvalue weighted by molar-refractivity contribution is 7.99. The molecule has 0 bridgehead atoms. The van der Waals surface area contributed by atoms with Crippen molar-refractivity contribution >= 4 is 29.5 Å². The van der Waals surface area contributed by atoms with Crippen LogP contribution >= 0.6 is 11.8 Å². The van der Waals surface area contributed by atoms with Crippen LogP contribution in [0.25, 0.3) is 0 Å². The van der Waals surface area contributed by atoms with Crippen LogP contribution in [0, 0.1) is 0 Å². The molecule has 0 saturated heterocycles. The summed E-state index contributed by atoms with van der Waals surface area (Å²) in [6.45, 7) is 5.83. The predicted octanol–water partition coefficient (Wildman–Crippen LogP) is 1.19. The average molecular weight is 312 g/mol. The number of hydrogen-bond donors (Lipinski definition) is 1. The Bertz CT molecular complexity index is 522. The van der Waals surface area contributed by atoms with Crippen LogP contribution in [-0.2, 0) is 9.53 Å². The number of esters is 1. The lowest BCUT2D eigenvalue weighted by Crippen LogP contribution is -2.34. The van der Waals surface area contributed by atoms with E-state index in [1.54, 1.807) is 18.9 Å². The predicted molar refractivity (Wildman–Crippen MR) is 81.0 cm³/mol. The quantitative estimate of drug-likeness (QED) is 0.478. The zero-order valence-electron chi connectivity index (χ0n) is 12.6. The van der Waals surface area contributed by atoms with Crippen LogP contribution in [0.4, 0.5) is 5.82 Å². The number of carbonyl (C=O) groups excluding carboxylic acids is 2. The SMILES string of the molecule is CCOC(=O)c1cnc(SCC(=O)N(C)C(C)C)nc1N. The van der Waals surface area contributed by atoms with E-state index in [0.717, 1.165) is 0 Å². The van der Waals surface area contributed by atoms with Crippen molar-refractivity contribution in [1.29, 1.82) is 0 Å². The van der Waals surface area contributed by atoms with Gasteiger partial charge in [-0.2, -0.15) is 0 Å².